The molecule has 1 N–H and O–H groups in total. The van der Waals surface area contributed by atoms with Crippen LogP contribution >= 0.6 is 15.9 Å². The van der Waals surface area contributed by atoms with Crippen LogP contribution in [0, 0.1) is 0 Å². The minimum absolute atomic E-state index is 0.249. The van der Waals surface area contributed by atoms with Gasteiger partial charge in [0.15, 0.2) is 4.67 Å². The van der Waals surface area contributed by atoms with Crippen LogP contribution in [0.2, 0.25) is 0 Å². The Balaban J connectivity index is 1.97. The van der Waals surface area contributed by atoms with E-state index in [0.29, 0.717) is 6.10 Å². The van der Waals surface area contributed by atoms with Crippen LogP contribution in [-0.2, 0) is 4.74 Å². The second kappa shape index (κ2) is 5.14. The van der Waals surface area contributed by atoms with Crippen molar-refractivity contribution in [1.29, 1.82) is 0 Å². The summed E-state index contributed by atoms with van der Waals surface area (Å²) >= 11 is 3.32. The Kier molecular flexibility index (Phi) is 3.83. The van der Waals surface area contributed by atoms with Crippen molar-refractivity contribution in [3.63, 3.8) is 0 Å². The number of hydrogen-bond donors (Lipinski definition) is 1. The van der Waals surface area contributed by atoms with Gasteiger partial charge in [0.05, 0.1) is 12.1 Å². The Labute approximate surface area is 98.3 Å². The Morgan fingerprint density at radius 2 is 2.47 bits per heavy atom. The minimum Gasteiger partial charge on any atom is -0.453 e. The zero-order valence-corrected chi connectivity index (χ0v) is 10.4. The summed E-state index contributed by atoms with van der Waals surface area (Å²) in [5.41, 5.74) is 0. The van der Waals surface area contributed by atoms with E-state index in [1.54, 1.807) is 0 Å². The van der Waals surface area contributed by atoms with E-state index >= 15 is 0 Å². The number of ether oxygens (including phenoxy) is 1. The van der Waals surface area contributed by atoms with Gasteiger partial charge in [0.2, 0.25) is 0 Å². The maximum Gasteiger partial charge on any atom is 0.169 e. The molecule has 0 amide bonds. The predicted molar refractivity (Wildman–Crippen MR) is 61.8 cm³/mol. The molecular formula is C11H16BrNO2. The first kappa shape index (κ1) is 11.2. The maximum absolute atomic E-state index is 5.62. The van der Waals surface area contributed by atoms with Crippen LogP contribution < -0.4 is 5.32 Å². The Bertz CT molecular complexity index is 307. The molecule has 2 rings (SSSR count). The van der Waals surface area contributed by atoms with E-state index in [4.69, 9.17) is 9.15 Å². The molecule has 0 spiro atoms. The van der Waals surface area contributed by atoms with Gasteiger partial charge in [-0.25, -0.2) is 0 Å². The fraction of sp³-hybridized carbons (Fsp3) is 0.636. The number of furan rings is 1. The standard InChI is InChI=1S/C11H16BrNO2/c1-13-9(7-8-3-2-6-14-8)10-4-5-11(12)15-10/h4-5,8-9,13H,2-3,6-7H2,1H3. The molecule has 2 heterocycles. The summed E-state index contributed by atoms with van der Waals surface area (Å²) in [4.78, 5) is 0. The topological polar surface area (TPSA) is 34.4 Å². The van der Waals surface area contributed by atoms with E-state index < -0.39 is 0 Å². The molecule has 1 saturated heterocycles. The lowest BCUT2D eigenvalue weighted by atomic mass is 10.1. The molecule has 0 radical (unpaired) electrons. The highest BCUT2D eigenvalue weighted by Crippen LogP contribution is 2.27. The smallest absolute Gasteiger partial charge is 0.169 e. The number of nitrogens with one attached hydrogen (secondary N) is 1. The number of halogens is 1. The van der Waals surface area contributed by atoms with Crippen LogP contribution in [0.3, 0.4) is 0 Å². The minimum atomic E-state index is 0.249. The number of rotatable bonds is 4. The molecule has 15 heavy (non-hydrogen) atoms. The molecule has 0 aromatic carbocycles. The first-order valence-electron chi connectivity index (χ1n) is 5.33. The van der Waals surface area contributed by atoms with E-state index in [1.165, 1.54) is 12.8 Å². The normalized spacial score (nSPS) is 23.2. The van der Waals surface area contributed by atoms with Crippen LogP contribution in [0.5, 0.6) is 0 Å². The van der Waals surface area contributed by atoms with Crippen LogP contribution in [0.25, 0.3) is 0 Å². The Morgan fingerprint density at radius 1 is 1.60 bits per heavy atom. The molecule has 1 fully saturated rings. The quantitative estimate of drug-likeness (QED) is 0.916. The van der Waals surface area contributed by atoms with E-state index in [0.717, 1.165) is 23.5 Å². The van der Waals surface area contributed by atoms with Gasteiger partial charge in [-0.3, -0.25) is 0 Å². The van der Waals surface area contributed by atoms with Crippen molar-refractivity contribution in [1.82, 2.24) is 5.32 Å². The first-order valence-corrected chi connectivity index (χ1v) is 6.13. The van der Waals surface area contributed by atoms with Crippen LogP contribution in [0.1, 0.15) is 31.1 Å². The van der Waals surface area contributed by atoms with Gasteiger partial charge in [-0.05, 0) is 54.4 Å². The fourth-order valence-electron chi connectivity index (χ4n) is 1.98. The predicted octanol–water partition coefficient (Wildman–Crippen LogP) is 2.87. The van der Waals surface area contributed by atoms with Gasteiger partial charge in [-0.15, -0.1) is 0 Å². The molecular weight excluding hydrogens is 258 g/mol. The second-order valence-corrected chi connectivity index (χ2v) is 4.64. The maximum atomic E-state index is 5.62. The molecule has 3 nitrogen and oxygen atoms in total. The third kappa shape index (κ3) is 2.83. The summed E-state index contributed by atoms with van der Waals surface area (Å²) in [5, 5.41) is 3.26. The van der Waals surface area contributed by atoms with Crippen molar-refractivity contribution in [3.05, 3.63) is 22.6 Å². The summed E-state index contributed by atoms with van der Waals surface area (Å²) in [5.74, 6) is 0.972. The summed E-state index contributed by atoms with van der Waals surface area (Å²) in [6, 6.07) is 4.18. The van der Waals surface area contributed by atoms with Gasteiger partial charge in [0, 0.05) is 6.61 Å². The Morgan fingerprint density at radius 3 is 3.00 bits per heavy atom. The van der Waals surface area contributed by atoms with Crippen molar-refractivity contribution in [2.45, 2.75) is 31.4 Å². The van der Waals surface area contributed by atoms with Gasteiger partial charge in [0.25, 0.3) is 0 Å². The molecule has 2 unspecified atom stereocenters. The first-order chi connectivity index (χ1) is 7.29. The lowest BCUT2D eigenvalue weighted by Crippen LogP contribution is -2.21. The highest BCUT2D eigenvalue weighted by molar-refractivity contribution is 9.10. The summed E-state index contributed by atoms with van der Waals surface area (Å²) in [7, 11) is 1.95. The van der Waals surface area contributed by atoms with Crippen molar-refractivity contribution < 1.29 is 9.15 Å². The largest absolute Gasteiger partial charge is 0.453 e. The summed E-state index contributed by atoms with van der Waals surface area (Å²) in [6.07, 6.45) is 3.71. The lowest BCUT2D eigenvalue weighted by Gasteiger charge is -2.17. The zero-order chi connectivity index (χ0) is 10.7. The molecule has 4 heteroatoms. The molecule has 1 aromatic rings. The van der Waals surface area contributed by atoms with E-state index in [9.17, 15) is 0 Å². The fourth-order valence-corrected chi connectivity index (χ4v) is 2.30. The van der Waals surface area contributed by atoms with Crippen molar-refractivity contribution in [2.24, 2.45) is 0 Å². The monoisotopic (exact) mass is 273 g/mol. The number of hydrogen-bond acceptors (Lipinski definition) is 3. The van der Waals surface area contributed by atoms with Gasteiger partial charge < -0.3 is 14.5 Å². The average Bonchev–Trinajstić information content (AvgIpc) is 2.85. The van der Waals surface area contributed by atoms with Gasteiger partial charge in [-0.1, -0.05) is 0 Å². The molecule has 2 atom stereocenters. The van der Waals surface area contributed by atoms with Crippen LogP contribution in [-0.4, -0.2) is 19.8 Å². The van der Waals surface area contributed by atoms with E-state index in [-0.39, 0.29) is 6.04 Å². The second-order valence-electron chi connectivity index (χ2n) is 3.85. The molecule has 0 aliphatic carbocycles. The lowest BCUT2D eigenvalue weighted by molar-refractivity contribution is 0.0928. The average molecular weight is 274 g/mol. The molecule has 1 aliphatic heterocycles. The van der Waals surface area contributed by atoms with Crippen LogP contribution in [0.15, 0.2) is 21.2 Å². The van der Waals surface area contributed by atoms with Gasteiger partial charge >= 0.3 is 0 Å². The molecule has 1 aliphatic rings. The molecule has 0 bridgehead atoms. The van der Waals surface area contributed by atoms with Crippen molar-refractivity contribution >= 4 is 15.9 Å². The molecule has 84 valence electrons. The van der Waals surface area contributed by atoms with Crippen LogP contribution in [0.4, 0.5) is 0 Å². The highest BCUT2D eigenvalue weighted by atomic mass is 79.9. The van der Waals surface area contributed by atoms with E-state index in [1.807, 2.05) is 19.2 Å². The van der Waals surface area contributed by atoms with Gasteiger partial charge in [0.1, 0.15) is 5.76 Å². The molecule has 1 aromatic heterocycles. The SMILES string of the molecule is CNC(CC1CCCO1)c1ccc(Br)o1. The van der Waals surface area contributed by atoms with Crippen molar-refractivity contribution in [3.8, 4) is 0 Å². The Hall–Kier alpha value is -0.320. The highest BCUT2D eigenvalue weighted by Gasteiger charge is 2.22. The third-order valence-corrected chi connectivity index (χ3v) is 3.23. The molecule has 0 saturated carbocycles. The third-order valence-electron chi connectivity index (χ3n) is 2.81. The summed E-state index contributed by atoms with van der Waals surface area (Å²) in [6.45, 7) is 0.906. The zero-order valence-electron chi connectivity index (χ0n) is 8.83. The van der Waals surface area contributed by atoms with E-state index in [2.05, 4.69) is 21.2 Å². The van der Waals surface area contributed by atoms with Crippen molar-refractivity contribution in [2.75, 3.05) is 13.7 Å². The summed E-state index contributed by atoms with van der Waals surface area (Å²) < 4.78 is 11.9. The van der Waals surface area contributed by atoms with Gasteiger partial charge in [-0.2, -0.15) is 0 Å².